The number of thiophene rings is 2. The van der Waals surface area contributed by atoms with Crippen molar-refractivity contribution in [2.75, 3.05) is 0 Å². The van der Waals surface area contributed by atoms with Crippen LogP contribution in [0.3, 0.4) is 0 Å². The van der Waals surface area contributed by atoms with Crippen LogP contribution in [0.5, 0.6) is 0 Å². The van der Waals surface area contributed by atoms with Gasteiger partial charge in [0.1, 0.15) is 22.3 Å². The van der Waals surface area contributed by atoms with Crippen LogP contribution < -0.4 is 0 Å². The van der Waals surface area contributed by atoms with Gasteiger partial charge in [0, 0.05) is 106 Å². The van der Waals surface area contributed by atoms with E-state index >= 15 is 0 Å². The average molecular weight is 2000 g/mol. The van der Waals surface area contributed by atoms with Crippen molar-refractivity contribution in [3.8, 4) is 0 Å². The maximum absolute atomic E-state index is 5.86. The molecule has 804 valence electrons. The van der Waals surface area contributed by atoms with Gasteiger partial charge in [0.05, 0.1) is 0 Å². The molecule has 21 aromatic rings. The normalized spacial score (nSPS) is 8.21. The predicted octanol–water partition coefficient (Wildman–Crippen LogP) is 53.1. The molecule has 6 heterocycles. The highest BCUT2D eigenvalue weighted by Gasteiger charge is 2.12. The number of H-pyrrole nitrogens is 2. The minimum atomic E-state index is 0.957. The van der Waals surface area contributed by atoms with Gasteiger partial charge in [-0.3, -0.25) is 0 Å². The van der Waals surface area contributed by atoms with Crippen molar-refractivity contribution >= 4 is 183 Å². The average Bonchev–Trinajstić information content (AvgIpc) is 1.61. The Kier molecular flexibility index (Phi) is 128. The molecule has 0 saturated heterocycles. The SMILES string of the molecule is CC.CC.CC.CC.CC.CC.CC.CC.CC.CC.CC.CC.CC.CC.CC.CC.CC.CC.CC.CC.CC.CC.CC.CC.CC.CC.CC.c1ccc2c(c1)[nH]c1ccccc12.c1ccc2c(c1)ccc1[nH]c3ccccc3c12.c1ccc2c(c1)ccc1oc3ccccc3c12.c1ccc2c(c1)ccc1sc3ccccc3c12.c1ccc2c(c1)oc1ccccc12.c1ccc2c(c1)sc1ccccc12. The molecular weight excluding hydrogens is 1780 g/mol. The number of furan rings is 2. The lowest BCUT2D eigenvalue weighted by atomic mass is 10.0. The van der Waals surface area contributed by atoms with Crippen LogP contribution in [0.2, 0.25) is 0 Å². The summed E-state index contributed by atoms with van der Waals surface area (Å²) in [4.78, 5) is 6.85. The molecule has 4 nitrogen and oxygen atoms in total. The molecule has 15 aromatic carbocycles. The summed E-state index contributed by atoms with van der Waals surface area (Å²) in [7, 11) is 0. The van der Waals surface area contributed by atoms with Crippen molar-refractivity contribution in [1.29, 1.82) is 0 Å². The Hall–Kier alpha value is -11.3. The molecule has 0 radical (unpaired) electrons. The second kappa shape index (κ2) is 117. The monoisotopic (exact) mass is 2000 g/mol. The fourth-order valence-electron chi connectivity index (χ4n) is 12.8. The van der Waals surface area contributed by atoms with E-state index in [1.807, 2.05) is 445 Å². The Bertz CT molecular complexity index is 5390. The Morgan fingerprint density at radius 1 is 0.125 bits per heavy atom. The van der Waals surface area contributed by atoms with E-state index in [0.717, 1.165) is 22.3 Å². The summed E-state index contributed by atoms with van der Waals surface area (Å²) in [6, 6.07) is 114. The molecule has 0 spiro atoms. The first kappa shape index (κ1) is 158. The molecule has 0 amide bonds. The van der Waals surface area contributed by atoms with Gasteiger partial charge in [-0.15, -0.1) is 22.7 Å². The fraction of sp³-hybridized carbons (Fsp3) is 0.391. The molecule has 0 aliphatic carbocycles. The Labute approximate surface area is 896 Å². The highest BCUT2D eigenvalue weighted by atomic mass is 32.1. The lowest BCUT2D eigenvalue weighted by Crippen LogP contribution is -1.73. The van der Waals surface area contributed by atoms with Crippen LogP contribution in [0.1, 0.15) is 374 Å². The zero-order valence-electron chi connectivity index (χ0n) is 103. The summed E-state index contributed by atoms with van der Waals surface area (Å²) < 4.78 is 17.0. The first-order valence-corrected chi connectivity index (χ1v) is 58.9. The topological polar surface area (TPSA) is 57.9 Å². The Balaban J connectivity index is -0.000000133. The maximum Gasteiger partial charge on any atom is 0.136 e. The standard InChI is InChI=1S/C16H11N.C16H10O.C16H10S.C12H9N.C12H8O.C12H8S.27C2H6/c3*1-2-6-12-11(5-1)9-10-15-16(12)13-7-3-4-8-14(13)17-15;3*1-3-7-11-9(5-1)10-6-2-4-8-12(10)13-11;27*1-2/h1-10,17H;2*1-10H;1-8,13H;2*1-8H;27*1-2H3. The predicted molar refractivity (Wildman–Crippen MR) is 697 cm³/mol. The second-order valence-corrected chi connectivity index (χ2v) is 24.5. The van der Waals surface area contributed by atoms with Gasteiger partial charge >= 0.3 is 0 Å². The van der Waals surface area contributed by atoms with Gasteiger partial charge in [-0.1, -0.05) is 629 Å². The van der Waals surface area contributed by atoms with Gasteiger partial charge in [0.15, 0.2) is 0 Å². The number of aromatic amines is 2. The van der Waals surface area contributed by atoms with Crippen LogP contribution in [-0.4, -0.2) is 9.97 Å². The Morgan fingerprint density at radius 3 is 0.681 bits per heavy atom. The number of para-hydroxylation sites is 6. The van der Waals surface area contributed by atoms with Gasteiger partial charge in [-0.05, 0) is 105 Å². The summed E-state index contributed by atoms with van der Waals surface area (Å²) in [6.07, 6.45) is 0. The van der Waals surface area contributed by atoms with E-state index in [-0.39, 0.29) is 0 Å². The van der Waals surface area contributed by atoms with Crippen LogP contribution in [0.15, 0.2) is 336 Å². The van der Waals surface area contributed by atoms with Gasteiger partial charge in [-0.2, -0.15) is 0 Å². The van der Waals surface area contributed by atoms with Crippen LogP contribution >= 0.6 is 22.7 Å². The van der Waals surface area contributed by atoms with Crippen LogP contribution in [0, 0.1) is 0 Å². The summed E-state index contributed by atoms with van der Waals surface area (Å²) >= 11 is 3.74. The quantitative estimate of drug-likeness (QED) is 0.159. The van der Waals surface area contributed by atoms with Gasteiger partial charge in [0.25, 0.3) is 0 Å². The van der Waals surface area contributed by atoms with Crippen molar-refractivity contribution < 1.29 is 8.83 Å². The number of benzene rings is 15. The summed E-state index contributed by atoms with van der Waals surface area (Å²) in [6.45, 7) is 108. The molecule has 0 unspecified atom stereocenters. The maximum atomic E-state index is 5.86. The summed E-state index contributed by atoms with van der Waals surface area (Å²) in [5.74, 6) is 0. The lowest BCUT2D eigenvalue weighted by molar-refractivity contribution is 0.668. The van der Waals surface area contributed by atoms with Gasteiger partial charge < -0.3 is 18.8 Å². The summed E-state index contributed by atoms with van der Waals surface area (Å²) in [5.41, 5.74) is 8.69. The van der Waals surface area contributed by atoms with E-state index in [9.17, 15) is 0 Å². The van der Waals surface area contributed by atoms with Crippen molar-refractivity contribution in [2.24, 2.45) is 0 Å². The molecular formula is C138H218N2O2S2. The van der Waals surface area contributed by atoms with E-state index < -0.39 is 0 Å². The van der Waals surface area contributed by atoms with Crippen molar-refractivity contribution in [2.45, 2.75) is 374 Å². The smallest absolute Gasteiger partial charge is 0.136 e. The highest BCUT2D eigenvalue weighted by molar-refractivity contribution is 7.26. The molecule has 6 aromatic heterocycles. The minimum absolute atomic E-state index is 0.957. The third-order valence-electron chi connectivity index (χ3n) is 16.9. The van der Waals surface area contributed by atoms with Crippen LogP contribution in [-0.2, 0) is 0 Å². The van der Waals surface area contributed by atoms with Gasteiger partial charge in [-0.25, -0.2) is 0 Å². The zero-order chi connectivity index (χ0) is 114. The van der Waals surface area contributed by atoms with Crippen molar-refractivity contribution in [3.63, 3.8) is 0 Å². The number of nitrogens with one attached hydrogen (secondary N) is 2. The number of fused-ring (bicyclic) bond motifs is 24. The van der Waals surface area contributed by atoms with Gasteiger partial charge in [0.2, 0.25) is 0 Å². The second-order valence-electron chi connectivity index (χ2n) is 22.3. The third kappa shape index (κ3) is 51.0. The van der Waals surface area contributed by atoms with Crippen LogP contribution in [0.25, 0.3) is 160 Å². The molecule has 0 bridgehead atoms. The molecule has 0 aliphatic heterocycles. The van der Waals surface area contributed by atoms with E-state index in [4.69, 9.17) is 8.83 Å². The van der Waals surface area contributed by atoms with E-state index in [1.165, 1.54) is 138 Å². The van der Waals surface area contributed by atoms with E-state index in [1.54, 1.807) is 0 Å². The minimum Gasteiger partial charge on any atom is -0.456 e. The lowest BCUT2D eigenvalue weighted by Gasteiger charge is -1.99. The largest absolute Gasteiger partial charge is 0.456 e. The first-order chi connectivity index (χ1) is 71.6. The number of aromatic nitrogens is 2. The van der Waals surface area contributed by atoms with Crippen molar-refractivity contribution in [3.05, 3.63) is 328 Å². The zero-order valence-corrected chi connectivity index (χ0v) is 104. The molecule has 6 heteroatoms. The molecule has 144 heavy (non-hydrogen) atoms. The number of hydrogen-bond acceptors (Lipinski definition) is 4. The molecule has 0 fully saturated rings. The molecule has 21 rings (SSSR count). The highest BCUT2D eigenvalue weighted by Crippen LogP contribution is 2.40. The first-order valence-electron chi connectivity index (χ1n) is 57.3. The van der Waals surface area contributed by atoms with Crippen molar-refractivity contribution in [1.82, 2.24) is 9.97 Å². The fourth-order valence-corrected chi connectivity index (χ4v) is 15.0. The van der Waals surface area contributed by atoms with Crippen LogP contribution in [0.4, 0.5) is 0 Å². The molecule has 0 atom stereocenters. The molecule has 0 saturated carbocycles. The van der Waals surface area contributed by atoms with E-state index in [0.29, 0.717) is 0 Å². The molecule has 2 N–H and O–H groups in total. The third-order valence-corrected chi connectivity index (χ3v) is 19.2. The Morgan fingerprint density at radius 2 is 0.333 bits per heavy atom. The molecule has 0 aliphatic rings. The number of rotatable bonds is 0. The van der Waals surface area contributed by atoms with E-state index in [2.05, 4.69) is 289 Å². The summed E-state index contributed by atoms with van der Waals surface area (Å²) in [5, 5.41) is 23.4. The number of hydrogen-bond donors (Lipinski definition) is 2.